The van der Waals surface area contributed by atoms with Crippen molar-refractivity contribution in [2.45, 2.75) is 56.3 Å². The van der Waals surface area contributed by atoms with Crippen LogP contribution < -0.4 is 15.4 Å². The van der Waals surface area contributed by atoms with Gasteiger partial charge in [0.15, 0.2) is 5.82 Å². The van der Waals surface area contributed by atoms with E-state index >= 15 is 4.39 Å². The molecule has 230 valence electrons. The Kier molecular flexibility index (Phi) is 7.48. The van der Waals surface area contributed by atoms with Crippen molar-refractivity contribution in [3.63, 3.8) is 0 Å². The molecule has 3 aliphatic heterocycles. The number of nitrogens with zero attached hydrogens (tertiary/aromatic N) is 5. The molecule has 3 N–H and O–H groups in total. The van der Waals surface area contributed by atoms with Gasteiger partial charge in [-0.25, -0.2) is 13.2 Å². The van der Waals surface area contributed by atoms with E-state index in [4.69, 9.17) is 27.1 Å². The topological polar surface area (TPSA) is 112 Å². The maximum atomic E-state index is 16.8. The normalized spacial score (nSPS) is 24.1. The Balaban J connectivity index is 1.39. The standard InChI is InChI=1S/C31H30ClF3N6O2S/c32-21-11-19-26(25(35)24(21)18-4-5-22(34)27-23(18)20(13-36)28(37)44-27)38-30(39-29(19)40-8-1-3-17(42)6-10-40)43-15-31-7-2-9-41(31)14-16(33)12-31/h4-5,11,16-17,42H,1-3,6-10,12,14-15,37H2/t16-,17?,31+/m1/s1. The SMILES string of the molecule is N#Cc1c(N)sc2c(F)ccc(-c3c(Cl)cc4c(N5CCCC(O)CC5)nc(OC[C@@]56CCCN5C[C@H](F)C6)nc4c3F)c12. The molecule has 3 atom stereocenters. The van der Waals surface area contributed by atoms with E-state index in [1.54, 1.807) is 6.07 Å². The van der Waals surface area contributed by atoms with Crippen molar-refractivity contribution in [3.8, 4) is 23.2 Å². The van der Waals surface area contributed by atoms with Gasteiger partial charge in [0.25, 0.3) is 0 Å². The Hall–Kier alpha value is -3.37. The molecule has 3 aliphatic rings. The number of nitrogens with two attached hydrogens (primary N) is 1. The van der Waals surface area contributed by atoms with E-state index in [-0.39, 0.29) is 54.9 Å². The maximum absolute atomic E-state index is 16.8. The van der Waals surface area contributed by atoms with Crippen molar-refractivity contribution in [1.82, 2.24) is 14.9 Å². The number of aliphatic hydroxyl groups is 1. The maximum Gasteiger partial charge on any atom is 0.319 e. The molecule has 0 radical (unpaired) electrons. The minimum atomic E-state index is -0.936. The summed E-state index contributed by atoms with van der Waals surface area (Å²) in [5.41, 5.74) is 5.75. The lowest BCUT2D eigenvalue weighted by atomic mass is 9.95. The summed E-state index contributed by atoms with van der Waals surface area (Å²) in [5, 5.41) is 20.8. The van der Waals surface area contributed by atoms with Crippen LogP contribution in [0.4, 0.5) is 24.0 Å². The number of nitriles is 1. The first kappa shape index (κ1) is 29.3. The van der Waals surface area contributed by atoms with Gasteiger partial charge in [0.05, 0.1) is 26.9 Å². The van der Waals surface area contributed by atoms with Gasteiger partial charge in [-0.2, -0.15) is 15.2 Å². The summed E-state index contributed by atoms with van der Waals surface area (Å²) in [6.07, 6.45) is 2.55. The van der Waals surface area contributed by atoms with Gasteiger partial charge in [0.1, 0.15) is 41.0 Å². The van der Waals surface area contributed by atoms with E-state index in [1.807, 2.05) is 11.0 Å². The molecule has 0 bridgehead atoms. The minimum absolute atomic E-state index is 0.0328. The number of hydrogen-bond acceptors (Lipinski definition) is 9. The molecule has 3 saturated heterocycles. The average Bonchev–Trinajstić information content (AvgIpc) is 3.58. The lowest BCUT2D eigenvalue weighted by Crippen LogP contribution is -2.43. The molecule has 44 heavy (non-hydrogen) atoms. The number of nitrogen functional groups attached to an aromatic ring is 1. The molecule has 0 spiro atoms. The molecule has 1 unspecified atom stereocenters. The van der Waals surface area contributed by atoms with Gasteiger partial charge in [-0.1, -0.05) is 17.7 Å². The first-order valence-electron chi connectivity index (χ1n) is 14.7. The Bertz CT molecular complexity index is 1830. The summed E-state index contributed by atoms with van der Waals surface area (Å²) in [6.45, 7) is 2.38. The second-order valence-corrected chi connectivity index (χ2v) is 13.4. The second kappa shape index (κ2) is 11.2. The van der Waals surface area contributed by atoms with E-state index in [2.05, 4.69) is 9.88 Å². The second-order valence-electron chi connectivity index (χ2n) is 12.0. The first-order chi connectivity index (χ1) is 21.2. The summed E-state index contributed by atoms with van der Waals surface area (Å²) >= 11 is 7.70. The zero-order valence-electron chi connectivity index (χ0n) is 23.8. The molecule has 13 heteroatoms. The summed E-state index contributed by atoms with van der Waals surface area (Å²) in [5.74, 6) is -0.933. The van der Waals surface area contributed by atoms with Crippen molar-refractivity contribution in [2.24, 2.45) is 0 Å². The van der Waals surface area contributed by atoms with E-state index in [1.165, 1.54) is 12.1 Å². The van der Waals surface area contributed by atoms with Gasteiger partial charge in [0.2, 0.25) is 0 Å². The number of benzene rings is 2. The third-order valence-corrected chi connectivity index (χ3v) is 10.6. The quantitative estimate of drug-likeness (QED) is 0.265. The molecule has 3 fully saturated rings. The fourth-order valence-electron chi connectivity index (χ4n) is 7.16. The summed E-state index contributed by atoms with van der Waals surface area (Å²) in [7, 11) is 0. The molecular formula is C31H30ClF3N6O2S. The molecular weight excluding hydrogens is 613 g/mol. The van der Waals surface area contributed by atoms with Crippen LogP contribution in [0.1, 0.15) is 44.1 Å². The number of rotatable bonds is 5. The van der Waals surface area contributed by atoms with Crippen LogP contribution in [0.3, 0.4) is 0 Å². The van der Waals surface area contributed by atoms with Crippen molar-refractivity contribution in [3.05, 3.63) is 40.4 Å². The molecule has 0 amide bonds. The Labute approximate surface area is 260 Å². The highest BCUT2D eigenvalue weighted by Gasteiger charge is 2.49. The van der Waals surface area contributed by atoms with Crippen molar-refractivity contribution >= 4 is 54.7 Å². The van der Waals surface area contributed by atoms with Crippen LogP contribution in [0, 0.1) is 23.0 Å². The van der Waals surface area contributed by atoms with Crippen LogP contribution in [-0.2, 0) is 0 Å². The smallest absolute Gasteiger partial charge is 0.319 e. The predicted octanol–water partition coefficient (Wildman–Crippen LogP) is 6.20. The molecule has 2 aromatic heterocycles. The Morgan fingerprint density at radius 1 is 1.20 bits per heavy atom. The molecule has 7 rings (SSSR count). The van der Waals surface area contributed by atoms with Crippen LogP contribution in [0.25, 0.3) is 32.1 Å². The largest absolute Gasteiger partial charge is 0.461 e. The van der Waals surface area contributed by atoms with Crippen molar-refractivity contribution < 1.29 is 23.0 Å². The highest BCUT2D eigenvalue weighted by Crippen LogP contribution is 2.46. The molecule has 4 aromatic rings. The zero-order valence-corrected chi connectivity index (χ0v) is 25.3. The van der Waals surface area contributed by atoms with Crippen LogP contribution in [0.5, 0.6) is 6.01 Å². The monoisotopic (exact) mass is 642 g/mol. The Morgan fingerprint density at radius 3 is 2.86 bits per heavy atom. The van der Waals surface area contributed by atoms with Gasteiger partial charge in [-0.15, -0.1) is 11.3 Å². The van der Waals surface area contributed by atoms with Crippen LogP contribution in [-0.4, -0.2) is 70.6 Å². The number of fused-ring (bicyclic) bond motifs is 3. The Morgan fingerprint density at radius 2 is 2.05 bits per heavy atom. The molecule has 0 saturated carbocycles. The average molecular weight is 643 g/mol. The third-order valence-electron chi connectivity index (χ3n) is 9.27. The highest BCUT2D eigenvalue weighted by atomic mass is 35.5. The van der Waals surface area contributed by atoms with Gasteiger partial charge in [-0.05, 0) is 56.3 Å². The predicted molar refractivity (Wildman–Crippen MR) is 165 cm³/mol. The molecule has 0 aliphatic carbocycles. The van der Waals surface area contributed by atoms with E-state index in [0.29, 0.717) is 56.5 Å². The van der Waals surface area contributed by atoms with Crippen LogP contribution in [0.2, 0.25) is 5.02 Å². The van der Waals surface area contributed by atoms with Crippen molar-refractivity contribution in [1.29, 1.82) is 5.26 Å². The fourth-order valence-corrected chi connectivity index (χ4v) is 8.40. The first-order valence-corrected chi connectivity index (χ1v) is 15.9. The van der Waals surface area contributed by atoms with Gasteiger partial charge in [0, 0.05) is 42.4 Å². The van der Waals surface area contributed by atoms with E-state index in [0.717, 1.165) is 30.7 Å². The van der Waals surface area contributed by atoms with Crippen molar-refractivity contribution in [2.75, 3.05) is 43.4 Å². The molecule has 5 heterocycles. The van der Waals surface area contributed by atoms with E-state index in [9.17, 15) is 19.1 Å². The van der Waals surface area contributed by atoms with Gasteiger partial charge >= 0.3 is 6.01 Å². The molecule has 2 aromatic carbocycles. The van der Waals surface area contributed by atoms with Gasteiger partial charge in [-0.3, -0.25) is 4.90 Å². The lowest BCUT2D eigenvalue weighted by molar-refractivity contribution is 0.107. The number of anilines is 2. The number of aromatic nitrogens is 2. The van der Waals surface area contributed by atoms with Crippen LogP contribution in [0.15, 0.2) is 18.2 Å². The summed E-state index contributed by atoms with van der Waals surface area (Å²) in [6, 6.07) is 6.13. The number of ether oxygens (including phenoxy) is 1. The molecule has 8 nitrogen and oxygen atoms in total. The van der Waals surface area contributed by atoms with Gasteiger partial charge < -0.3 is 20.5 Å². The lowest BCUT2D eigenvalue weighted by Gasteiger charge is -2.31. The number of hydrogen-bond donors (Lipinski definition) is 2. The third kappa shape index (κ3) is 4.81. The fraction of sp³-hybridized carbons (Fsp3) is 0.452. The number of halogens is 4. The van der Waals surface area contributed by atoms with E-state index < -0.39 is 29.4 Å². The minimum Gasteiger partial charge on any atom is -0.461 e. The number of alkyl halides is 1. The number of aliphatic hydroxyl groups excluding tert-OH is 1. The summed E-state index contributed by atoms with van der Waals surface area (Å²) in [4.78, 5) is 13.3. The number of thiophene rings is 1. The zero-order chi connectivity index (χ0) is 30.7. The highest BCUT2D eigenvalue weighted by molar-refractivity contribution is 7.23. The van der Waals surface area contributed by atoms with Crippen LogP contribution >= 0.6 is 22.9 Å². The summed E-state index contributed by atoms with van der Waals surface area (Å²) < 4.78 is 52.3.